The number of nitrogens with one attached hydrogen (secondary N) is 2. The maximum absolute atomic E-state index is 14.5. The first kappa shape index (κ1) is 18.9. The number of hydrogen-bond acceptors (Lipinski definition) is 6. The molecule has 0 spiro atoms. The molecule has 8 nitrogen and oxygen atoms in total. The first-order valence-electron chi connectivity index (χ1n) is 9.23. The number of amides is 1. The van der Waals surface area contributed by atoms with Gasteiger partial charge in [-0.3, -0.25) is 9.78 Å². The summed E-state index contributed by atoms with van der Waals surface area (Å²) in [6.07, 6.45) is 8.31. The van der Waals surface area contributed by atoms with Crippen molar-refractivity contribution in [1.29, 1.82) is 0 Å². The number of aryl methyl sites for hydroxylation is 1. The van der Waals surface area contributed by atoms with Crippen molar-refractivity contribution in [3.8, 4) is 5.69 Å². The van der Waals surface area contributed by atoms with Crippen LogP contribution in [0.15, 0.2) is 36.9 Å². The molecule has 1 fully saturated rings. The van der Waals surface area contributed by atoms with Crippen LogP contribution in [0.25, 0.3) is 5.69 Å². The minimum atomic E-state index is -0.844. The second-order valence-corrected chi connectivity index (χ2v) is 6.88. The van der Waals surface area contributed by atoms with Gasteiger partial charge in [0.15, 0.2) is 5.82 Å². The van der Waals surface area contributed by atoms with Crippen LogP contribution in [0.4, 0.5) is 14.6 Å². The van der Waals surface area contributed by atoms with Crippen molar-refractivity contribution in [2.24, 2.45) is 0 Å². The van der Waals surface area contributed by atoms with Gasteiger partial charge in [-0.1, -0.05) is 0 Å². The monoisotopic (exact) mass is 399 g/mol. The van der Waals surface area contributed by atoms with Crippen LogP contribution in [0.3, 0.4) is 0 Å². The molecule has 2 heterocycles. The van der Waals surface area contributed by atoms with Gasteiger partial charge in [-0.25, -0.2) is 13.8 Å². The zero-order valence-electron chi connectivity index (χ0n) is 15.6. The number of aromatic nitrogens is 5. The smallest absolute Gasteiger partial charge is 0.256 e. The Hall–Kier alpha value is -3.43. The van der Waals surface area contributed by atoms with Gasteiger partial charge in [0.1, 0.15) is 22.9 Å². The first-order valence-corrected chi connectivity index (χ1v) is 9.23. The average Bonchev–Trinajstić information content (AvgIpc) is 3.37. The average molecular weight is 399 g/mol. The van der Waals surface area contributed by atoms with Crippen LogP contribution in [0.5, 0.6) is 0 Å². The van der Waals surface area contributed by atoms with Gasteiger partial charge in [-0.15, -0.1) is 4.80 Å². The predicted molar refractivity (Wildman–Crippen MR) is 101 cm³/mol. The molecule has 1 aliphatic rings. The van der Waals surface area contributed by atoms with Gasteiger partial charge < -0.3 is 10.6 Å². The van der Waals surface area contributed by atoms with Gasteiger partial charge >= 0.3 is 0 Å². The minimum absolute atomic E-state index is 0.0983. The third-order valence-electron chi connectivity index (χ3n) is 4.87. The highest BCUT2D eigenvalue weighted by atomic mass is 19.1. The Labute approximate surface area is 165 Å². The van der Waals surface area contributed by atoms with E-state index in [2.05, 4.69) is 30.8 Å². The molecule has 0 aliphatic heterocycles. The van der Waals surface area contributed by atoms with Crippen LogP contribution >= 0.6 is 0 Å². The lowest BCUT2D eigenvalue weighted by atomic mass is 10.1. The molecule has 2 aromatic heterocycles. The van der Waals surface area contributed by atoms with Crippen LogP contribution in [0.1, 0.15) is 35.3 Å². The van der Waals surface area contributed by atoms with E-state index in [9.17, 15) is 13.6 Å². The summed E-state index contributed by atoms with van der Waals surface area (Å²) in [5.41, 5.74) is 0.0505. The fraction of sp³-hybridized carbons (Fsp3) is 0.316. The Balaban J connectivity index is 1.56. The summed E-state index contributed by atoms with van der Waals surface area (Å²) in [4.78, 5) is 22.3. The number of hydrogen-bond donors (Lipinski definition) is 2. The molecule has 0 radical (unpaired) electrons. The molecular weight excluding hydrogens is 380 g/mol. The van der Waals surface area contributed by atoms with E-state index in [0.717, 1.165) is 35.5 Å². The van der Waals surface area contributed by atoms with E-state index < -0.39 is 23.1 Å². The van der Waals surface area contributed by atoms with Gasteiger partial charge in [0.2, 0.25) is 0 Å². The topological polar surface area (TPSA) is 97.6 Å². The Bertz CT molecular complexity index is 1010. The van der Waals surface area contributed by atoms with E-state index in [1.54, 1.807) is 12.4 Å². The second kappa shape index (κ2) is 7.90. The number of carbonyl (C=O) groups excluding carboxylic acids is 1. The lowest BCUT2D eigenvalue weighted by Crippen LogP contribution is -2.44. The van der Waals surface area contributed by atoms with E-state index in [1.165, 1.54) is 12.4 Å². The molecule has 4 rings (SSSR count). The highest BCUT2D eigenvalue weighted by Crippen LogP contribution is 2.25. The molecule has 1 aromatic carbocycles. The van der Waals surface area contributed by atoms with Gasteiger partial charge in [0.25, 0.3) is 5.91 Å². The number of rotatable bonds is 5. The normalized spacial score (nSPS) is 18.6. The third-order valence-corrected chi connectivity index (χ3v) is 4.87. The Morgan fingerprint density at radius 3 is 2.52 bits per heavy atom. The molecule has 10 heteroatoms. The minimum Gasteiger partial charge on any atom is -0.364 e. The summed E-state index contributed by atoms with van der Waals surface area (Å²) in [7, 11) is 0. The van der Waals surface area contributed by atoms with Crippen molar-refractivity contribution in [3.05, 3.63) is 59.8 Å². The summed E-state index contributed by atoms with van der Waals surface area (Å²) in [6, 6.07) is 1.50. The van der Waals surface area contributed by atoms with E-state index >= 15 is 0 Å². The molecule has 2 atom stereocenters. The first-order chi connectivity index (χ1) is 14.0. The fourth-order valence-corrected chi connectivity index (χ4v) is 3.49. The van der Waals surface area contributed by atoms with Gasteiger partial charge in [-0.05, 0) is 38.3 Å². The highest BCUT2D eigenvalue weighted by molar-refractivity contribution is 5.98. The van der Waals surface area contributed by atoms with Crippen molar-refractivity contribution >= 4 is 11.7 Å². The van der Waals surface area contributed by atoms with Crippen molar-refractivity contribution in [2.75, 3.05) is 5.32 Å². The van der Waals surface area contributed by atoms with Crippen LogP contribution in [0.2, 0.25) is 0 Å². The molecule has 0 bridgehead atoms. The Morgan fingerprint density at radius 2 is 1.79 bits per heavy atom. The van der Waals surface area contributed by atoms with Crippen molar-refractivity contribution in [2.45, 2.75) is 38.3 Å². The molecule has 3 aromatic rings. The Kier molecular flexibility index (Phi) is 5.15. The molecule has 0 saturated heterocycles. The predicted octanol–water partition coefficient (Wildman–Crippen LogP) is 2.41. The van der Waals surface area contributed by atoms with Crippen LogP contribution in [-0.2, 0) is 0 Å². The molecule has 2 N–H and O–H groups in total. The molecule has 1 aliphatic carbocycles. The zero-order chi connectivity index (χ0) is 20.4. The quantitative estimate of drug-likeness (QED) is 0.684. The van der Waals surface area contributed by atoms with E-state index in [1.807, 2.05) is 6.92 Å². The van der Waals surface area contributed by atoms with Crippen molar-refractivity contribution < 1.29 is 13.6 Å². The summed E-state index contributed by atoms with van der Waals surface area (Å²) in [5.74, 6) is -1.75. The van der Waals surface area contributed by atoms with Gasteiger partial charge in [0, 0.05) is 12.1 Å². The number of carbonyl (C=O) groups is 1. The van der Waals surface area contributed by atoms with Crippen LogP contribution < -0.4 is 10.6 Å². The van der Waals surface area contributed by atoms with Crippen LogP contribution in [0, 0.1) is 18.6 Å². The summed E-state index contributed by atoms with van der Waals surface area (Å²) in [5, 5.41) is 13.7. The van der Waals surface area contributed by atoms with E-state index in [0.29, 0.717) is 12.2 Å². The van der Waals surface area contributed by atoms with E-state index in [4.69, 9.17) is 0 Å². The van der Waals surface area contributed by atoms with E-state index in [-0.39, 0.29) is 17.8 Å². The lowest BCUT2D eigenvalue weighted by Gasteiger charge is -2.23. The van der Waals surface area contributed by atoms with Crippen molar-refractivity contribution in [1.82, 2.24) is 30.3 Å². The second-order valence-electron chi connectivity index (χ2n) is 6.88. The number of anilines is 1. The number of nitrogens with zero attached hydrogens (tertiary/aromatic N) is 5. The summed E-state index contributed by atoms with van der Waals surface area (Å²) in [6.45, 7) is 1.84. The molecule has 0 unspecified atom stereocenters. The third kappa shape index (κ3) is 3.91. The highest BCUT2D eigenvalue weighted by Gasteiger charge is 2.31. The maximum atomic E-state index is 14.5. The fourth-order valence-electron chi connectivity index (χ4n) is 3.49. The standard InChI is InChI=1S/C19H19F2N7O/c1-11-9-23-16(10-22-11)26-14-3-2-4-15(14)27-19(29)17-12(20)5-6-13(21)18(17)28-24-7-8-25-28/h5-10,14-15H,2-4H2,1H3,(H,23,26)(H,27,29)/t14-,15-/m0/s1. The molecular formula is C19H19F2N7O. The summed E-state index contributed by atoms with van der Waals surface area (Å²) < 4.78 is 28.9. The molecule has 1 amide bonds. The zero-order valence-corrected chi connectivity index (χ0v) is 15.6. The molecule has 150 valence electrons. The van der Waals surface area contributed by atoms with Crippen molar-refractivity contribution in [3.63, 3.8) is 0 Å². The molecule has 29 heavy (non-hydrogen) atoms. The maximum Gasteiger partial charge on any atom is 0.256 e. The molecule has 1 saturated carbocycles. The summed E-state index contributed by atoms with van der Waals surface area (Å²) >= 11 is 0. The SMILES string of the molecule is Cc1cnc(N[C@H]2CCC[C@@H]2NC(=O)c2c(F)ccc(F)c2-n2nccn2)cn1. The van der Waals surface area contributed by atoms with Crippen LogP contribution in [-0.4, -0.2) is 43.0 Å². The van der Waals surface area contributed by atoms with Gasteiger partial charge in [-0.2, -0.15) is 10.2 Å². The largest absolute Gasteiger partial charge is 0.364 e. The Morgan fingerprint density at radius 1 is 1.07 bits per heavy atom. The number of halogens is 2. The number of benzene rings is 1. The lowest BCUT2D eigenvalue weighted by molar-refractivity contribution is 0.0931. The van der Waals surface area contributed by atoms with Gasteiger partial charge in [0.05, 0.1) is 30.5 Å².